The quantitative estimate of drug-likeness (QED) is 0.722. The Hall–Kier alpha value is -1.50. The Morgan fingerprint density at radius 1 is 1.18 bits per heavy atom. The first-order chi connectivity index (χ1) is 8.13. The van der Waals surface area contributed by atoms with Gasteiger partial charge in [0.1, 0.15) is 0 Å². The third-order valence-electron chi connectivity index (χ3n) is 3.29. The SMILES string of the molecule is CC/C=C\CC(C)(C)c1cc2ccccc2[nH]1. The van der Waals surface area contributed by atoms with Gasteiger partial charge in [-0.3, -0.25) is 0 Å². The Morgan fingerprint density at radius 3 is 2.65 bits per heavy atom. The number of nitrogens with one attached hydrogen (secondary N) is 1. The molecule has 0 radical (unpaired) electrons. The summed E-state index contributed by atoms with van der Waals surface area (Å²) in [6.45, 7) is 6.75. The van der Waals surface area contributed by atoms with E-state index in [1.54, 1.807) is 0 Å². The summed E-state index contributed by atoms with van der Waals surface area (Å²) in [4.78, 5) is 3.53. The molecule has 1 aromatic carbocycles. The van der Waals surface area contributed by atoms with Crippen LogP contribution in [-0.2, 0) is 5.41 Å². The van der Waals surface area contributed by atoms with Crippen molar-refractivity contribution in [3.8, 4) is 0 Å². The van der Waals surface area contributed by atoms with Gasteiger partial charge in [0.2, 0.25) is 0 Å². The van der Waals surface area contributed by atoms with Crippen molar-refractivity contribution in [1.82, 2.24) is 4.98 Å². The molecule has 0 aliphatic heterocycles. The van der Waals surface area contributed by atoms with Crippen molar-refractivity contribution in [2.24, 2.45) is 0 Å². The molecule has 1 heteroatoms. The summed E-state index contributed by atoms with van der Waals surface area (Å²) in [6.07, 6.45) is 6.71. The van der Waals surface area contributed by atoms with Crippen molar-refractivity contribution in [2.45, 2.75) is 39.0 Å². The summed E-state index contributed by atoms with van der Waals surface area (Å²) in [6, 6.07) is 10.7. The van der Waals surface area contributed by atoms with Crippen LogP contribution in [0.1, 0.15) is 39.3 Å². The lowest BCUT2D eigenvalue weighted by Crippen LogP contribution is -2.16. The van der Waals surface area contributed by atoms with E-state index in [2.05, 4.69) is 68.2 Å². The number of aromatic nitrogens is 1. The molecule has 1 nitrogen and oxygen atoms in total. The normalized spacial score (nSPS) is 12.6. The van der Waals surface area contributed by atoms with Crippen LogP contribution in [-0.4, -0.2) is 4.98 Å². The van der Waals surface area contributed by atoms with Crippen molar-refractivity contribution < 1.29 is 0 Å². The maximum Gasteiger partial charge on any atom is 0.0456 e. The van der Waals surface area contributed by atoms with Crippen molar-refractivity contribution in [3.63, 3.8) is 0 Å². The van der Waals surface area contributed by atoms with E-state index in [1.807, 2.05) is 0 Å². The molecule has 0 bridgehead atoms. The Morgan fingerprint density at radius 2 is 1.94 bits per heavy atom. The number of H-pyrrole nitrogens is 1. The monoisotopic (exact) mass is 227 g/mol. The van der Waals surface area contributed by atoms with E-state index in [0.717, 1.165) is 12.8 Å². The molecule has 0 saturated heterocycles. The van der Waals surface area contributed by atoms with Crippen LogP contribution in [0, 0.1) is 0 Å². The Kier molecular flexibility index (Phi) is 3.37. The molecule has 0 aliphatic rings. The van der Waals surface area contributed by atoms with Crippen LogP contribution in [0.5, 0.6) is 0 Å². The maximum absolute atomic E-state index is 3.53. The smallest absolute Gasteiger partial charge is 0.0456 e. The van der Waals surface area contributed by atoms with Crippen molar-refractivity contribution in [3.05, 3.63) is 48.2 Å². The van der Waals surface area contributed by atoms with Gasteiger partial charge >= 0.3 is 0 Å². The zero-order valence-electron chi connectivity index (χ0n) is 11.0. The lowest BCUT2D eigenvalue weighted by Gasteiger charge is -2.21. The fraction of sp³-hybridized carbons (Fsp3) is 0.375. The van der Waals surface area contributed by atoms with Gasteiger partial charge in [0, 0.05) is 16.6 Å². The highest BCUT2D eigenvalue weighted by Gasteiger charge is 2.20. The number of hydrogen-bond donors (Lipinski definition) is 1. The molecule has 1 aromatic heterocycles. The van der Waals surface area contributed by atoms with Crippen LogP contribution in [0.3, 0.4) is 0 Å². The summed E-state index contributed by atoms with van der Waals surface area (Å²) >= 11 is 0. The van der Waals surface area contributed by atoms with E-state index >= 15 is 0 Å². The third kappa shape index (κ3) is 2.60. The minimum absolute atomic E-state index is 0.171. The van der Waals surface area contributed by atoms with Crippen LogP contribution in [0.2, 0.25) is 0 Å². The highest BCUT2D eigenvalue weighted by molar-refractivity contribution is 5.80. The van der Waals surface area contributed by atoms with E-state index in [-0.39, 0.29) is 5.41 Å². The number of fused-ring (bicyclic) bond motifs is 1. The summed E-state index contributed by atoms with van der Waals surface area (Å²) in [5, 5.41) is 1.30. The lowest BCUT2D eigenvalue weighted by atomic mass is 9.85. The predicted octanol–water partition coefficient (Wildman–Crippen LogP) is 4.80. The van der Waals surface area contributed by atoms with Gasteiger partial charge < -0.3 is 4.98 Å². The standard InChI is InChI=1S/C16H21N/c1-4-5-8-11-16(2,3)15-12-13-9-6-7-10-14(13)17-15/h5-10,12,17H,4,11H2,1-3H3/b8-5-. The molecule has 1 heterocycles. The van der Waals surface area contributed by atoms with Crippen LogP contribution in [0.15, 0.2) is 42.5 Å². The largest absolute Gasteiger partial charge is 0.358 e. The number of benzene rings is 1. The molecule has 0 saturated carbocycles. The molecular formula is C16H21N. The van der Waals surface area contributed by atoms with Gasteiger partial charge in [-0.2, -0.15) is 0 Å². The molecule has 90 valence electrons. The average Bonchev–Trinajstić information content (AvgIpc) is 2.73. The first-order valence-corrected chi connectivity index (χ1v) is 6.37. The highest BCUT2D eigenvalue weighted by atomic mass is 14.7. The second-order valence-corrected chi connectivity index (χ2v) is 5.24. The Balaban J connectivity index is 2.28. The summed E-state index contributed by atoms with van der Waals surface area (Å²) in [7, 11) is 0. The van der Waals surface area contributed by atoms with E-state index in [1.165, 1.54) is 16.6 Å². The average molecular weight is 227 g/mol. The molecule has 0 aliphatic carbocycles. The minimum Gasteiger partial charge on any atom is -0.358 e. The first-order valence-electron chi connectivity index (χ1n) is 6.37. The van der Waals surface area contributed by atoms with E-state index in [0.29, 0.717) is 0 Å². The fourth-order valence-corrected chi connectivity index (χ4v) is 2.09. The molecule has 1 N–H and O–H groups in total. The lowest BCUT2D eigenvalue weighted by molar-refractivity contribution is 0.520. The summed E-state index contributed by atoms with van der Waals surface area (Å²) < 4.78 is 0. The van der Waals surface area contributed by atoms with Crippen molar-refractivity contribution in [1.29, 1.82) is 0 Å². The van der Waals surface area contributed by atoms with Crippen molar-refractivity contribution >= 4 is 10.9 Å². The number of rotatable bonds is 4. The first kappa shape index (κ1) is 12.0. The third-order valence-corrected chi connectivity index (χ3v) is 3.29. The Labute approximate surface area is 104 Å². The molecule has 2 aromatic rings. The molecule has 2 rings (SSSR count). The van der Waals surface area contributed by atoms with Crippen LogP contribution in [0.4, 0.5) is 0 Å². The summed E-state index contributed by atoms with van der Waals surface area (Å²) in [5.74, 6) is 0. The zero-order valence-corrected chi connectivity index (χ0v) is 11.0. The van der Waals surface area contributed by atoms with Crippen LogP contribution < -0.4 is 0 Å². The molecule has 0 amide bonds. The second-order valence-electron chi connectivity index (χ2n) is 5.24. The van der Waals surface area contributed by atoms with E-state index in [9.17, 15) is 0 Å². The van der Waals surface area contributed by atoms with Gasteiger partial charge in [0.25, 0.3) is 0 Å². The van der Waals surface area contributed by atoms with Gasteiger partial charge in [0.15, 0.2) is 0 Å². The van der Waals surface area contributed by atoms with Crippen molar-refractivity contribution in [2.75, 3.05) is 0 Å². The topological polar surface area (TPSA) is 15.8 Å². The summed E-state index contributed by atoms with van der Waals surface area (Å²) in [5.41, 5.74) is 2.72. The fourth-order valence-electron chi connectivity index (χ4n) is 2.09. The van der Waals surface area contributed by atoms with E-state index in [4.69, 9.17) is 0 Å². The molecule has 0 unspecified atom stereocenters. The minimum atomic E-state index is 0.171. The Bertz CT molecular complexity index is 484. The molecule has 0 spiro atoms. The maximum atomic E-state index is 3.53. The van der Waals surface area contributed by atoms with E-state index < -0.39 is 0 Å². The molecule has 0 fully saturated rings. The van der Waals surface area contributed by atoms with Gasteiger partial charge in [-0.05, 0) is 30.4 Å². The van der Waals surface area contributed by atoms with Gasteiger partial charge in [-0.25, -0.2) is 0 Å². The predicted molar refractivity (Wildman–Crippen MR) is 75.4 cm³/mol. The van der Waals surface area contributed by atoms with Gasteiger partial charge in [-0.15, -0.1) is 0 Å². The van der Waals surface area contributed by atoms with Crippen LogP contribution in [0.25, 0.3) is 10.9 Å². The number of hydrogen-bond acceptors (Lipinski definition) is 0. The highest BCUT2D eigenvalue weighted by Crippen LogP contribution is 2.29. The molecule has 17 heavy (non-hydrogen) atoms. The second kappa shape index (κ2) is 4.79. The number of para-hydroxylation sites is 1. The number of allylic oxidation sites excluding steroid dienone is 2. The molecular weight excluding hydrogens is 206 g/mol. The molecule has 0 atom stereocenters. The number of aromatic amines is 1. The zero-order chi connectivity index (χ0) is 12.3. The van der Waals surface area contributed by atoms with Gasteiger partial charge in [0.05, 0.1) is 0 Å². The van der Waals surface area contributed by atoms with Gasteiger partial charge in [-0.1, -0.05) is 51.1 Å². The van der Waals surface area contributed by atoms with Crippen LogP contribution >= 0.6 is 0 Å².